The Morgan fingerprint density at radius 1 is 1.08 bits per heavy atom. The highest BCUT2D eigenvalue weighted by Gasteiger charge is 2.15. The molecular formula is C19H21NO3S. The van der Waals surface area contributed by atoms with Crippen molar-refractivity contribution in [1.82, 2.24) is 0 Å². The van der Waals surface area contributed by atoms with Crippen molar-refractivity contribution >= 4 is 22.8 Å². The fourth-order valence-electron chi connectivity index (χ4n) is 2.66. The molecule has 0 aromatic heterocycles. The summed E-state index contributed by atoms with van der Waals surface area (Å²) in [5.41, 5.74) is 2.01. The zero-order valence-electron chi connectivity index (χ0n) is 13.5. The van der Waals surface area contributed by atoms with Crippen LogP contribution in [-0.2, 0) is 22.4 Å². The predicted molar refractivity (Wildman–Crippen MR) is 95.8 cm³/mol. The van der Waals surface area contributed by atoms with E-state index in [0.29, 0.717) is 18.8 Å². The number of benzene rings is 2. The van der Waals surface area contributed by atoms with E-state index in [-0.39, 0.29) is 5.91 Å². The number of unbranched alkanes of at least 4 members (excludes halogenated alkanes) is 1. The summed E-state index contributed by atoms with van der Waals surface area (Å²) >= 11 is -0.940. The standard InChI is InChI=1S/C19H21NO3S/c21-19-11-9-15-8-10-16(14-18(15)20-19)23-12-4-5-13-24(22)17-6-2-1-3-7-17/h1-3,6-8,10,14H,4-5,9,11-13H2,(H,20,21). The average molecular weight is 343 g/mol. The van der Waals surface area contributed by atoms with Crippen molar-refractivity contribution < 1.29 is 14.1 Å². The number of fused-ring (bicyclic) bond motifs is 1. The maximum absolute atomic E-state index is 12.1. The van der Waals surface area contributed by atoms with Crippen molar-refractivity contribution in [2.24, 2.45) is 0 Å². The molecule has 1 aliphatic rings. The van der Waals surface area contributed by atoms with Gasteiger partial charge >= 0.3 is 0 Å². The van der Waals surface area contributed by atoms with Crippen LogP contribution in [0.3, 0.4) is 0 Å². The fourth-order valence-corrected chi connectivity index (χ4v) is 3.82. The third-order valence-electron chi connectivity index (χ3n) is 3.98. The third kappa shape index (κ3) is 4.52. The lowest BCUT2D eigenvalue weighted by Crippen LogP contribution is -2.18. The van der Waals surface area contributed by atoms with E-state index in [1.165, 1.54) is 0 Å². The normalized spacial score (nSPS) is 14.6. The summed E-state index contributed by atoms with van der Waals surface area (Å²) in [7, 11) is 0. The van der Waals surface area contributed by atoms with Crippen molar-refractivity contribution in [2.45, 2.75) is 30.6 Å². The highest BCUT2D eigenvalue weighted by atomic mass is 32.2. The number of carbonyl (C=O) groups excluding carboxylic acids is 1. The van der Waals surface area contributed by atoms with Gasteiger partial charge in [0.25, 0.3) is 0 Å². The molecule has 3 rings (SSSR count). The molecule has 0 bridgehead atoms. The van der Waals surface area contributed by atoms with Gasteiger partial charge in [-0.1, -0.05) is 24.3 Å². The van der Waals surface area contributed by atoms with E-state index < -0.39 is 11.2 Å². The summed E-state index contributed by atoms with van der Waals surface area (Å²) in [5, 5.41) is 2.88. The van der Waals surface area contributed by atoms with Gasteiger partial charge < -0.3 is 14.6 Å². The van der Waals surface area contributed by atoms with E-state index >= 15 is 0 Å². The van der Waals surface area contributed by atoms with Gasteiger partial charge in [0.1, 0.15) is 11.5 Å². The zero-order chi connectivity index (χ0) is 16.8. The van der Waals surface area contributed by atoms with Gasteiger partial charge in [-0.2, -0.15) is 0 Å². The van der Waals surface area contributed by atoms with Crippen LogP contribution in [0.25, 0.3) is 0 Å². The van der Waals surface area contributed by atoms with Crippen LogP contribution >= 0.6 is 0 Å². The SMILES string of the molecule is O=C1CCc2ccc(OCCCC[S+]([O-])c3ccccc3)cc2N1. The first-order valence-corrected chi connectivity index (χ1v) is 9.53. The van der Waals surface area contributed by atoms with Crippen molar-refractivity contribution in [3.05, 3.63) is 54.1 Å². The topological polar surface area (TPSA) is 61.4 Å². The number of aryl methyl sites for hydroxylation is 1. The third-order valence-corrected chi connectivity index (χ3v) is 5.43. The minimum absolute atomic E-state index is 0.0584. The van der Waals surface area contributed by atoms with Crippen LogP contribution in [0.5, 0.6) is 5.75 Å². The number of hydrogen-bond acceptors (Lipinski definition) is 3. The van der Waals surface area contributed by atoms with Crippen LogP contribution < -0.4 is 10.1 Å². The second-order valence-corrected chi connectivity index (χ2v) is 7.36. The molecule has 24 heavy (non-hydrogen) atoms. The van der Waals surface area contributed by atoms with E-state index in [4.69, 9.17) is 4.74 Å². The first-order valence-electron chi connectivity index (χ1n) is 8.21. The fraction of sp³-hybridized carbons (Fsp3) is 0.316. The maximum atomic E-state index is 12.1. The molecule has 0 fully saturated rings. The smallest absolute Gasteiger partial charge is 0.224 e. The number of anilines is 1. The molecule has 0 saturated heterocycles. The van der Waals surface area contributed by atoms with Crippen molar-refractivity contribution in [3.8, 4) is 5.75 Å². The molecule has 0 saturated carbocycles. The largest absolute Gasteiger partial charge is 0.611 e. The molecule has 0 aliphatic carbocycles. The number of rotatable bonds is 7. The first kappa shape index (κ1) is 16.9. The van der Waals surface area contributed by atoms with Crippen molar-refractivity contribution in [3.63, 3.8) is 0 Å². The van der Waals surface area contributed by atoms with Gasteiger partial charge in [0.05, 0.1) is 6.61 Å². The van der Waals surface area contributed by atoms with Crippen LogP contribution in [0.4, 0.5) is 5.69 Å². The zero-order valence-corrected chi connectivity index (χ0v) is 14.3. The van der Waals surface area contributed by atoms with Gasteiger partial charge in [-0.3, -0.25) is 4.79 Å². The Labute approximate surface area is 145 Å². The molecule has 1 aliphatic heterocycles. The lowest BCUT2D eigenvalue weighted by atomic mass is 10.0. The summed E-state index contributed by atoms with van der Waals surface area (Å²) in [6.45, 7) is 0.582. The molecule has 2 aromatic carbocycles. The summed E-state index contributed by atoms with van der Waals surface area (Å²) in [6.07, 6.45) is 3.03. The quantitative estimate of drug-likeness (QED) is 0.618. The minimum Gasteiger partial charge on any atom is -0.611 e. The van der Waals surface area contributed by atoms with Gasteiger partial charge in [-0.25, -0.2) is 0 Å². The van der Waals surface area contributed by atoms with Crippen LogP contribution in [-0.4, -0.2) is 22.8 Å². The van der Waals surface area contributed by atoms with Crippen LogP contribution in [0.15, 0.2) is 53.4 Å². The molecule has 1 unspecified atom stereocenters. The van der Waals surface area contributed by atoms with Gasteiger partial charge in [-0.05, 0) is 54.2 Å². The molecule has 0 spiro atoms. The lowest BCUT2D eigenvalue weighted by Gasteiger charge is -2.17. The molecule has 1 atom stereocenters. The molecule has 2 aromatic rings. The summed E-state index contributed by atoms with van der Waals surface area (Å²) in [5.74, 6) is 1.47. The maximum Gasteiger partial charge on any atom is 0.224 e. The Hall–Kier alpha value is -1.98. The molecule has 1 N–H and O–H groups in total. The van der Waals surface area contributed by atoms with Crippen molar-refractivity contribution in [1.29, 1.82) is 0 Å². The second kappa shape index (κ2) is 8.22. The summed E-state index contributed by atoms with van der Waals surface area (Å²) < 4.78 is 17.8. The molecule has 1 amide bonds. The molecule has 0 radical (unpaired) electrons. The lowest BCUT2D eigenvalue weighted by molar-refractivity contribution is -0.116. The Morgan fingerprint density at radius 3 is 2.75 bits per heavy atom. The summed E-state index contributed by atoms with van der Waals surface area (Å²) in [6, 6.07) is 15.4. The Morgan fingerprint density at radius 2 is 1.92 bits per heavy atom. The van der Waals surface area contributed by atoms with Gasteiger partial charge in [0.15, 0.2) is 4.90 Å². The number of nitrogens with one attached hydrogen (secondary N) is 1. The van der Waals surface area contributed by atoms with Gasteiger partial charge in [0, 0.05) is 18.2 Å². The highest BCUT2D eigenvalue weighted by molar-refractivity contribution is 7.91. The Bertz CT molecular complexity index is 690. The Balaban J connectivity index is 1.41. The highest BCUT2D eigenvalue weighted by Crippen LogP contribution is 2.27. The van der Waals surface area contributed by atoms with Crippen LogP contribution in [0, 0.1) is 0 Å². The summed E-state index contributed by atoms with van der Waals surface area (Å²) in [4.78, 5) is 12.3. The first-order chi connectivity index (χ1) is 11.7. The molecule has 4 nitrogen and oxygen atoms in total. The van der Waals surface area contributed by atoms with E-state index in [0.717, 1.165) is 41.2 Å². The molecule has 126 valence electrons. The van der Waals surface area contributed by atoms with Gasteiger partial charge in [0.2, 0.25) is 5.91 Å². The van der Waals surface area contributed by atoms with E-state index in [9.17, 15) is 9.35 Å². The molecular weight excluding hydrogens is 322 g/mol. The second-order valence-electron chi connectivity index (χ2n) is 5.79. The Kier molecular flexibility index (Phi) is 5.77. The van der Waals surface area contributed by atoms with Gasteiger partial charge in [-0.15, -0.1) is 0 Å². The van der Waals surface area contributed by atoms with E-state index in [1.807, 2.05) is 48.5 Å². The number of carbonyl (C=O) groups is 1. The molecule has 1 heterocycles. The van der Waals surface area contributed by atoms with Crippen molar-refractivity contribution in [2.75, 3.05) is 17.7 Å². The average Bonchev–Trinajstić information content (AvgIpc) is 2.61. The number of hydrogen-bond donors (Lipinski definition) is 1. The molecule has 5 heteroatoms. The van der Waals surface area contributed by atoms with Crippen LogP contribution in [0.1, 0.15) is 24.8 Å². The van der Waals surface area contributed by atoms with E-state index in [2.05, 4.69) is 5.32 Å². The number of ether oxygens (including phenoxy) is 1. The van der Waals surface area contributed by atoms with E-state index in [1.54, 1.807) is 0 Å². The van der Waals surface area contributed by atoms with Crippen LogP contribution in [0.2, 0.25) is 0 Å². The minimum atomic E-state index is -0.940. The number of amides is 1. The monoisotopic (exact) mass is 343 g/mol. The predicted octanol–water partition coefficient (Wildman–Crippen LogP) is 3.54.